The molecule has 15 heavy (non-hydrogen) atoms. The van der Waals surface area contributed by atoms with Crippen molar-refractivity contribution in [2.45, 2.75) is 39.0 Å². The van der Waals surface area contributed by atoms with Crippen LogP contribution in [0.4, 0.5) is 0 Å². The van der Waals surface area contributed by atoms with Gasteiger partial charge in [-0.05, 0) is 19.8 Å². The Bertz CT molecular complexity index is 318. The van der Waals surface area contributed by atoms with Crippen LogP contribution in [0.1, 0.15) is 39.0 Å². The summed E-state index contributed by atoms with van der Waals surface area (Å²) in [5.41, 5.74) is 0. The lowest BCUT2D eigenvalue weighted by atomic mass is 10.1. The Labute approximate surface area is 88.6 Å². The minimum atomic E-state index is -4.68. The van der Waals surface area contributed by atoms with Crippen molar-refractivity contribution < 1.29 is 26.7 Å². The maximum Gasteiger partial charge on any atom is 0.448 e. The van der Waals surface area contributed by atoms with Crippen molar-refractivity contribution in [3.8, 4) is 0 Å². The molecule has 6 nitrogen and oxygen atoms in total. The molecule has 88 valence electrons. The number of unbranched alkanes of at least 4 members (excludes halogenated alkanes) is 2. The normalized spacial score (nSPS) is 11.1. The maximum atomic E-state index is 10.7. The van der Waals surface area contributed by atoms with Crippen LogP contribution in [0.25, 0.3) is 0 Å². The number of hydrogen-bond donors (Lipinski definition) is 1. The lowest BCUT2D eigenvalue weighted by Gasteiger charge is -1.99. The van der Waals surface area contributed by atoms with Crippen molar-refractivity contribution in [2.75, 3.05) is 0 Å². The van der Waals surface area contributed by atoms with Gasteiger partial charge in [0.05, 0.1) is 0 Å². The average Bonchev–Trinajstić information content (AvgIpc) is 1.99. The van der Waals surface area contributed by atoms with Gasteiger partial charge in [0.2, 0.25) is 0 Å². The van der Waals surface area contributed by atoms with Gasteiger partial charge in [-0.1, -0.05) is 6.42 Å². The number of carbonyl (C=O) groups excluding carboxylic acids is 2. The van der Waals surface area contributed by atoms with Crippen LogP contribution in [0, 0.1) is 0 Å². The number of carbonyl (C=O) groups is 2. The summed E-state index contributed by atoms with van der Waals surface area (Å²) in [6.45, 7) is 1.48. The summed E-state index contributed by atoms with van der Waals surface area (Å²) in [6.07, 6.45) is 2.10. The molecular weight excluding hydrogens is 224 g/mol. The summed E-state index contributed by atoms with van der Waals surface area (Å²) < 4.78 is 32.0. The first-order chi connectivity index (χ1) is 6.81. The van der Waals surface area contributed by atoms with Crippen molar-refractivity contribution in [3.05, 3.63) is 0 Å². The van der Waals surface area contributed by atoms with Crippen LogP contribution in [-0.4, -0.2) is 24.7 Å². The van der Waals surface area contributed by atoms with Crippen LogP contribution in [0.3, 0.4) is 0 Å². The smallest absolute Gasteiger partial charge is 0.325 e. The molecule has 0 saturated carbocycles. The molecule has 1 N–H and O–H groups in total. The highest BCUT2D eigenvalue weighted by Gasteiger charge is 2.12. The van der Waals surface area contributed by atoms with Crippen molar-refractivity contribution >= 4 is 22.2 Å². The lowest BCUT2D eigenvalue weighted by molar-refractivity contribution is -0.134. The summed E-state index contributed by atoms with van der Waals surface area (Å²) in [6, 6.07) is 0. The van der Waals surface area contributed by atoms with Crippen molar-refractivity contribution in [3.63, 3.8) is 0 Å². The van der Waals surface area contributed by atoms with E-state index in [0.29, 0.717) is 25.7 Å². The van der Waals surface area contributed by atoms with E-state index >= 15 is 0 Å². The Hall–Kier alpha value is -0.950. The van der Waals surface area contributed by atoms with E-state index in [1.165, 1.54) is 6.92 Å². The van der Waals surface area contributed by atoms with E-state index in [2.05, 4.69) is 4.18 Å². The van der Waals surface area contributed by atoms with E-state index in [0.717, 1.165) is 0 Å². The fraction of sp³-hybridized carbons (Fsp3) is 0.750. The molecule has 0 aromatic carbocycles. The fourth-order valence-corrected chi connectivity index (χ4v) is 1.30. The highest BCUT2D eigenvalue weighted by Crippen LogP contribution is 2.05. The predicted octanol–water partition coefficient (Wildman–Crippen LogP) is 0.872. The first kappa shape index (κ1) is 14.1. The number of rotatable bonds is 7. The minimum absolute atomic E-state index is 0.0792. The molecule has 0 aliphatic carbocycles. The first-order valence-corrected chi connectivity index (χ1v) is 5.87. The zero-order valence-corrected chi connectivity index (χ0v) is 9.25. The molecule has 0 rings (SSSR count). The van der Waals surface area contributed by atoms with E-state index in [9.17, 15) is 18.0 Å². The molecule has 0 saturated heterocycles. The highest BCUT2D eigenvalue weighted by atomic mass is 32.3. The van der Waals surface area contributed by atoms with Gasteiger partial charge in [0.15, 0.2) is 0 Å². The van der Waals surface area contributed by atoms with Gasteiger partial charge in [0, 0.05) is 12.8 Å². The van der Waals surface area contributed by atoms with Crippen LogP contribution in [0.2, 0.25) is 0 Å². The zero-order chi connectivity index (χ0) is 11.9. The van der Waals surface area contributed by atoms with Gasteiger partial charge in [0.25, 0.3) is 0 Å². The molecule has 7 heteroatoms. The van der Waals surface area contributed by atoms with E-state index < -0.39 is 16.4 Å². The zero-order valence-electron chi connectivity index (χ0n) is 8.43. The van der Waals surface area contributed by atoms with Gasteiger partial charge < -0.3 is 8.98 Å². The van der Waals surface area contributed by atoms with Gasteiger partial charge in [0.1, 0.15) is 5.78 Å². The summed E-state index contributed by atoms with van der Waals surface area (Å²) in [5, 5.41) is 0. The fourth-order valence-electron chi connectivity index (χ4n) is 0.979. The van der Waals surface area contributed by atoms with Crippen molar-refractivity contribution in [1.82, 2.24) is 0 Å². The molecule has 0 atom stereocenters. The Balaban J connectivity index is 3.52. The summed E-state index contributed by atoms with van der Waals surface area (Å²) in [5.74, 6) is -0.907. The molecule has 0 unspecified atom stereocenters. The minimum Gasteiger partial charge on any atom is -0.325 e. The third-order valence-corrected chi connectivity index (χ3v) is 2.00. The number of ketones is 1. The van der Waals surface area contributed by atoms with Gasteiger partial charge in [-0.3, -0.25) is 9.35 Å². The van der Waals surface area contributed by atoms with Crippen LogP contribution < -0.4 is 0 Å². The molecule has 0 aromatic rings. The Morgan fingerprint density at radius 2 is 1.67 bits per heavy atom. The highest BCUT2D eigenvalue weighted by molar-refractivity contribution is 7.81. The van der Waals surface area contributed by atoms with Gasteiger partial charge >= 0.3 is 16.4 Å². The predicted molar refractivity (Wildman–Crippen MR) is 51.4 cm³/mol. The van der Waals surface area contributed by atoms with E-state index in [1.54, 1.807) is 0 Å². The third-order valence-electron chi connectivity index (χ3n) is 1.61. The van der Waals surface area contributed by atoms with Gasteiger partial charge in [-0.2, -0.15) is 8.42 Å². The Morgan fingerprint density at radius 3 is 2.13 bits per heavy atom. The molecule has 0 amide bonds. The molecule has 0 aliphatic heterocycles. The van der Waals surface area contributed by atoms with Crippen molar-refractivity contribution in [2.24, 2.45) is 0 Å². The second-order valence-corrected chi connectivity index (χ2v) is 4.17. The second kappa shape index (κ2) is 6.52. The van der Waals surface area contributed by atoms with Crippen LogP contribution in [0.15, 0.2) is 0 Å². The van der Waals surface area contributed by atoms with Crippen LogP contribution in [0.5, 0.6) is 0 Å². The van der Waals surface area contributed by atoms with Crippen LogP contribution >= 0.6 is 0 Å². The molecule has 0 spiro atoms. The van der Waals surface area contributed by atoms with Crippen molar-refractivity contribution in [1.29, 1.82) is 0 Å². The molecule has 0 bridgehead atoms. The monoisotopic (exact) mass is 238 g/mol. The third kappa shape index (κ3) is 11.0. The first-order valence-electron chi connectivity index (χ1n) is 4.50. The lowest BCUT2D eigenvalue weighted by Crippen LogP contribution is -2.11. The number of hydrogen-bond acceptors (Lipinski definition) is 5. The number of Topliss-reactive ketones (excluding diaryl/α,β-unsaturated/α-hetero) is 1. The van der Waals surface area contributed by atoms with Crippen LogP contribution in [-0.2, 0) is 24.2 Å². The summed E-state index contributed by atoms with van der Waals surface area (Å²) in [7, 11) is -4.68. The maximum absolute atomic E-state index is 10.7. The van der Waals surface area contributed by atoms with E-state index in [4.69, 9.17) is 4.55 Å². The Kier molecular flexibility index (Phi) is 6.11. The van der Waals surface area contributed by atoms with Gasteiger partial charge in [-0.25, -0.2) is 0 Å². The van der Waals surface area contributed by atoms with E-state index in [1.807, 2.05) is 0 Å². The summed E-state index contributed by atoms with van der Waals surface area (Å²) in [4.78, 5) is 21.3. The molecule has 0 aliphatic rings. The van der Waals surface area contributed by atoms with Gasteiger partial charge in [-0.15, -0.1) is 0 Å². The molecule has 0 fully saturated rings. The topological polar surface area (TPSA) is 97.7 Å². The summed E-state index contributed by atoms with van der Waals surface area (Å²) >= 11 is 0. The van der Waals surface area contributed by atoms with E-state index in [-0.39, 0.29) is 12.2 Å². The molecule has 0 aromatic heterocycles. The largest absolute Gasteiger partial charge is 0.448 e. The second-order valence-electron chi connectivity index (χ2n) is 3.15. The molecular formula is C8H14O6S. The average molecular weight is 238 g/mol. The standard InChI is InChI=1S/C8H14O6S/c1-7(9)5-3-2-4-6-8(10)14-15(11,12)13/h2-6H2,1H3,(H,11,12,13). The molecule has 0 heterocycles. The molecule has 0 radical (unpaired) electrons. The quantitative estimate of drug-likeness (QED) is 0.522. The SMILES string of the molecule is CC(=O)CCCCCC(=O)OS(=O)(=O)O. The Morgan fingerprint density at radius 1 is 1.13 bits per heavy atom.